The molecule has 2 unspecified atom stereocenters. The number of carbonyl (C=O) groups is 2. The van der Waals surface area contributed by atoms with Crippen molar-refractivity contribution < 1.29 is 24.9 Å². The topological polar surface area (TPSA) is 121 Å². The zero-order chi connectivity index (χ0) is 12.1. The molecule has 0 bridgehead atoms. The minimum absolute atomic E-state index is 0.0150. The van der Waals surface area contributed by atoms with Crippen molar-refractivity contribution in [1.82, 2.24) is 0 Å². The van der Waals surface area contributed by atoms with Crippen LogP contribution in [0.4, 0.5) is 0 Å². The van der Waals surface area contributed by atoms with Gasteiger partial charge in [-0.25, -0.2) is 0 Å². The molecule has 0 rings (SSSR count). The van der Waals surface area contributed by atoms with E-state index in [4.69, 9.17) is 15.9 Å². The Bertz CT molecular complexity index is 239. The van der Waals surface area contributed by atoms with Gasteiger partial charge in [0.1, 0.15) is 5.54 Å². The van der Waals surface area contributed by atoms with Crippen molar-refractivity contribution in [2.75, 3.05) is 0 Å². The average molecular weight is 219 g/mol. The number of hydrogen-bond acceptors (Lipinski definition) is 4. The average Bonchev–Trinajstić information content (AvgIpc) is 2.11. The molecule has 0 fully saturated rings. The highest BCUT2D eigenvalue weighted by atomic mass is 16.4. The first-order chi connectivity index (χ1) is 6.78. The number of aliphatic hydroxyl groups excluding tert-OH is 1. The lowest BCUT2D eigenvalue weighted by atomic mass is 9.92. The Morgan fingerprint density at radius 2 is 1.87 bits per heavy atom. The monoisotopic (exact) mass is 219 g/mol. The van der Waals surface area contributed by atoms with Crippen LogP contribution < -0.4 is 5.73 Å². The van der Waals surface area contributed by atoms with Crippen LogP contribution in [0.2, 0.25) is 0 Å². The molecule has 6 nitrogen and oxygen atoms in total. The van der Waals surface area contributed by atoms with Crippen LogP contribution in [0.15, 0.2) is 0 Å². The van der Waals surface area contributed by atoms with Gasteiger partial charge in [-0.05, 0) is 19.8 Å². The highest BCUT2D eigenvalue weighted by molar-refractivity contribution is 5.78. The van der Waals surface area contributed by atoms with Crippen molar-refractivity contribution in [2.24, 2.45) is 5.73 Å². The summed E-state index contributed by atoms with van der Waals surface area (Å²) < 4.78 is 0. The molecule has 0 radical (unpaired) electrons. The molecule has 5 N–H and O–H groups in total. The fourth-order valence-corrected chi connectivity index (χ4v) is 1.06. The molecule has 6 heteroatoms. The Balaban J connectivity index is 3.88. The molecule has 0 aliphatic carbocycles. The van der Waals surface area contributed by atoms with Gasteiger partial charge < -0.3 is 21.1 Å². The van der Waals surface area contributed by atoms with Gasteiger partial charge in [0.25, 0.3) is 0 Å². The van der Waals surface area contributed by atoms with Crippen LogP contribution in [0, 0.1) is 0 Å². The van der Waals surface area contributed by atoms with E-state index in [-0.39, 0.29) is 12.8 Å². The van der Waals surface area contributed by atoms with Crippen LogP contribution in [-0.2, 0) is 9.59 Å². The summed E-state index contributed by atoms with van der Waals surface area (Å²) >= 11 is 0. The third-order valence-corrected chi connectivity index (χ3v) is 2.27. The molecule has 0 aliphatic rings. The Morgan fingerprint density at radius 1 is 1.33 bits per heavy atom. The largest absolute Gasteiger partial charge is 0.481 e. The predicted octanol–water partition coefficient (Wildman–Crippen LogP) is -0.206. The van der Waals surface area contributed by atoms with E-state index >= 15 is 0 Å². The number of rotatable bonds is 7. The maximum atomic E-state index is 10.6. The molecular formula is C9H17NO5. The van der Waals surface area contributed by atoms with Crippen LogP contribution >= 0.6 is 0 Å². The standard InChI is InChI=1S/C9H17NO5/c1-9(10,8(14)15)6(11)4-2-3-5-7(12)13/h6,11H,2-5,10H2,1H3,(H,12,13)(H,14,15). The van der Waals surface area contributed by atoms with Crippen molar-refractivity contribution in [3.8, 4) is 0 Å². The molecule has 0 heterocycles. The van der Waals surface area contributed by atoms with Crippen LogP contribution in [0.25, 0.3) is 0 Å². The molecule has 0 saturated heterocycles. The lowest BCUT2D eigenvalue weighted by Crippen LogP contribution is -2.54. The molecule has 0 aromatic rings. The minimum atomic E-state index is -1.68. The highest BCUT2D eigenvalue weighted by Crippen LogP contribution is 2.14. The third-order valence-electron chi connectivity index (χ3n) is 2.27. The third kappa shape index (κ3) is 4.75. The van der Waals surface area contributed by atoms with Crippen LogP contribution in [0.3, 0.4) is 0 Å². The summed E-state index contributed by atoms with van der Waals surface area (Å²) in [5, 5.41) is 26.5. The number of aliphatic hydroxyl groups is 1. The van der Waals surface area contributed by atoms with Gasteiger partial charge in [0, 0.05) is 6.42 Å². The number of nitrogens with two attached hydrogens (primary N) is 1. The molecule has 0 aromatic carbocycles. The zero-order valence-corrected chi connectivity index (χ0v) is 8.64. The maximum Gasteiger partial charge on any atom is 0.326 e. The summed E-state index contributed by atoms with van der Waals surface area (Å²) in [6.07, 6.45) is -0.118. The second-order valence-corrected chi connectivity index (χ2v) is 3.74. The fraction of sp³-hybridized carbons (Fsp3) is 0.778. The second kappa shape index (κ2) is 5.67. The quantitative estimate of drug-likeness (QED) is 0.440. The van der Waals surface area contributed by atoms with Gasteiger partial charge in [0.15, 0.2) is 0 Å². The number of carboxylic acids is 2. The molecule has 0 saturated carbocycles. The first-order valence-corrected chi connectivity index (χ1v) is 4.70. The molecule has 0 aliphatic heterocycles. The van der Waals surface area contributed by atoms with Gasteiger partial charge in [-0.3, -0.25) is 9.59 Å². The van der Waals surface area contributed by atoms with E-state index < -0.39 is 23.6 Å². The van der Waals surface area contributed by atoms with Crippen molar-refractivity contribution in [3.63, 3.8) is 0 Å². The van der Waals surface area contributed by atoms with Gasteiger partial charge in [0.05, 0.1) is 6.10 Å². The molecular weight excluding hydrogens is 202 g/mol. The van der Waals surface area contributed by atoms with E-state index in [0.29, 0.717) is 12.8 Å². The number of unbranched alkanes of at least 4 members (excludes halogenated alkanes) is 1. The normalized spacial score (nSPS) is 16.7. The highest BCUT2D eigenvalue weighted by Gasteiger charge is 2.35. The van der Waals surface area contributed by atoms with E-state index in [9.17, 15) is 14.7 Å². The fourth-order valence-electron chi connectivity index (χ4n) is 1.06. The van der Waals surface area contributed by atoms with E-state index in [1.54, 1.807) is 0 Å². The van der Waals surface area contributed by atoms with Crippen molar-refractivity contribution >= 4 is 11.9 Å². The summed E-state index contributed by atoms with van der Waals surface area (Å²) in [4.78, 5) is 20.8. The number of hydrogen-bond donors (Lipinski definition) is 4. The lowest BCUT2D eigenvalue weighted by Gasteiger charge is -2.25. The first-order valence-electron chi connectivity index (χ1n) is 4.70. The van der Waals surface area contributed by atoms with Crippen molar-refractivity contribution in [2.45, 2.75) is 44.2 Å². The van der Waals surface area contributed by atoms with Crippen molar-refractivity contribution in [1.29, 1.82) is 0 Å². The Kier molecular flexibility index (Phi) is 5.24. The lowest BCUT2D eigenvalue weighted by molar-refractivity contribution is -0.147. The zero-order valence-electron chi connectivity index (χ0n) is 8.64. The van der Waals surface area contributed by atoms with E-state index in [1.807, 2.05) is 0 Å². The van der Waals surface area contributed by atoms with Gasteiger partial charge in [-0.1, -0.05) is 6.42 Å². The number of carboxylic acid groups (broad SMARTS) is 2. The molecule has 15 heavy (non-hydrogen) atoms. The Morgan fingerprint density at radius 3 is 2.27 bits per heavy atom. The molecule has 0 amide bonds. The van der Waals surface area contributed by atoms with Crippen molar-refractivity contribution in [3.05, 3.63) is 0 Å². The summed E-state index contributed by atoms with van der Waals surface area (Å²) in [6.45, 7) is 1.23. The second-order valence-electron chi connectivity index (χ2n) is 3.74. The SMILES string of the molecule is CC(N)(C(=O)O)C(O)CCCCC(=O)O. The van der Waals surface area contributed by atoms with Gasteiger partial charge in [-0.15, -0.1) is 0 Å². The summed E-state index contributed by atoms with van der Waals surface area (Å²) in [5.41, 5.74) is 3.70. The number of aliphatic carboxylic acids is 2. The Labute approximate surface area is 87.7 Å². The summed E-state index contributed by atoms with van der Waals surface area (Å²) in [6, 6.07) is 0. The molecule has 0 spiro atoms. The molecule has 88 valence electrons. The van der Waals surface area contributed by atoms with Crippen LogP contribution in [0.1, 0.15) is 32.6 Å². The predicted molar refractivity (Wildman–Crippen MR) is 52.3 cm³/mol. The van der Waals surface area contributed by atoms with E-state index in [2.05, 4.69) is 0 Å². The first kappa shape index (κ1) is 13.9. The van der Waals surface area contributed by atoms with Crippen LogP contribution in [-0.4, -0.2) is 38.9 Å². The maximum absolute atomic E-state index is 10.6. The molecule has 2 atom stereocenters. The van der Waals surface area contributed by atoms with E-state index in [0.717, 1.165) is 0 Å². The Hall–Kier alpha value is -1.14. The summed E-state index contributed by atoms with van der Waals surface area (Å²) in [5.74, 6) is -2.17. The van der Waals surface area contributed by atoms with Gasteiger partial charge in [0.2, 0.25) is 0 Å². The van der Waals surface area contributed by atoms with Crippen LogP contribution in [0.5, 0.6) is 0 Å². The van der Waals surface area contributed by atoms with E-state index in [1.165, 1.54) is 6.92 Å². The van der Waals surface area contributed by atoms with Gasteiger partial charge in [-0.2, -0.15) is 0 Å². The summed E-state index contributed by atoms with van der Waals surface area (Å²) in [7, 11) is 0. The molecule has 0 aromatic heterocycles. The van der Waals surface area contributed by atoms with Gasteiger partial charge >= 0.3 is 11.9 Å². The smallest absolute Gasteiger partial charge is 0.326 e. The minimum Gasteiger partial charge on any atom is -0.481 e.